The van der Waals surface area contributed by atoms with Gasteiger partial charge in [0.2, 0.25) is 10.0 Å². The Labute approximate surface area is 81.5 Å². The number of hydrogen-bond donors (Lipinski definition) is 1. The highest BCUT2D eigenvalue weighted by Crippen LogP contribution is 2.25. The zero-order chi connectivity index (χ0) is 10.9. The van der Waals surface area contributed by atoms with Gasteiger partial charge in [-0.1, -0.05) is 0 Å². The highest BCUT2D eigenvalue weighted by molar-refractivity contribution is 7.89. The number of aryl methyl sites for hydroxylation is 1. The summed E-state index contributed by atoms with van der Waals surface area (Å²) in [6.07, 6.45) is 0. The Bertz CT molecular complexity index is 456. The van der Waals surface area contributed by atoms with Gasteiger partial charge in [-0.15, -0.1) is 0 Å². The second kappa shape index (κ2) is 3.55. The quantitative estimate of drug-likeness (QED) is 0.799. The number of ether oxygens (including phenoxy) is 1. The van der Waals surface area contributed by atoms with Crippen molar-refractivity contribution in [2.45, 2.75) is 11.8 Å². The lowest BCUT2D eigenvalue weighted by molar-refractivity contribution is 0.400. The lowest BCUT2D eigenvalue weighted by atomic mass is 10.2. The predicted octanol–water partition coefficient (Wildman–Crippen LogP) is 0.790. The van der Waals surface area contributed by atoms with E-state index in [0.29, 0.717) is 5.56 Å². The Morgan fingerprint density at radius 1 is 1.43 bits per heavy atom. The van der Waals surface area contributed by atoms with Crippen molar-refractivity contribution in [2.75, 3.05) is 7.11 Å². The number of nitrogens with two attached hydrogens (primary N) is 1. The van der Waals surface area contributed by atoms with E-state index in [9.17, 15) is 12.8 Å². The van der Waals surface area contributed by atoms with Crippen LogP contribution in [0.3, 0.4) is 0 Å². The fourth-order valence-electron chi connectivity index (χ4n) is 1.02. The Balaban J connectivity index is 3.51. The maximum Gasteiger partial charge on any atom is 0.241 e. The van der Waals surface area contributed by atoms with Gasteiger partial charge in [0.15, 0.2) is 0 Å². The van der Waals surface area contributed by atoms with E-state index in [0.717, 1.165) is 6.07 Å². The van der Waals surface area contributed by atoms with Crippen molar-refractivity contribution in [1.82, 2.24) is 0 Å². The summed E-state index contributed by atoms with van der Waals surface area (Å²) in [6.45, 7) is 1.50. The second-order valence-electron chi connectivity index (χ2n) is 2.80. The third-order valence-corrected chi connectivity index (χ3v) is 2.68. The lowest BCUT2D eigenvalue weighted by Crippen LogP contribution is -2.14. The van der Waals surface area contributed by atoms with E-state index in [1.807, 2.05) is 0 Å². The van der Waals surface area contributed by atoms with E-state index in [1.54, 1.807) is 0 Å². The SMILES string of the molecule is COc1cc(C)c(F)cc1S(N)(=O)=O. The number of rotatable bonds is 2. The summed E-state index contributed by atoms with van der Waals surface area (Å²) in [5.74, 6) is -0.582. The smallest absolute Gasteiger partial charge is 0.241 e. The predicted molar refractivity (Wildman–Crippen MR) is 49.1 cm³/mol. The van der Waals surface area contributed by atoms with Gasteiger partial charge in [0, 0.05) is 0 Å². The van der Waals surface area contributed by atoms with Gasteiger partial charge >= 0.3 is 0 Å². The van der Waals surface area contributed by atoms with Crippen molar-refractivity contribution >= 4 is 10.0 Å². The minimum absolute atomic E-state index is 0.0476. The molecule has 0 atom stereocenters. The van der Waals surface area contributed by atoms with Crippen LogP contribution in [0.2, 0.25) is 0 Å². The number of hydrogen-bond acceptors (Lipinski definition) is 3. The molecule has 0 aliphatic rings. The molecular formula is C8H10FNO3S. The van der Waals surface area contributed by atoms with E-state index in [4.69, 9.17) is 9.88 Å². The summed E-state index contributed by atoms with van der Waals surface area (Å²) >= 11 is 0. The van der Waals surface area contributed by atoms with Crippen molar-refractivity contribution < 1.29 is 17.5 Å². The molecule has 0 amide bonds. The van der Waals surface area contributed by atoms with Crippen LogP contribution in [0.15, 0.2) is 17.0 Å². The van der Waals surface area contributed by atoms with Crippen molar-refractivity contribution in [3.05, 3.63) is 23.5 Å². The molecule has 1 rings (SSSR count). The molecule has 0 aromatic heterocycles. The van der Waals surface area contributed by atoms with Gasteiger partial charge < -0.3 is 4.74 Å². The van der Waals surface area contributed by atoms with Crippen LogP contribution in [0.5, 0.6) is 5.75 Å². The number of primary sulfonamides is 1. The minimum atomic E-state index is -3.95. The second-order valence-corrected chi connectivity index (χ2v) is 4.33. The van der Waals surface area contributed by atoms with Crippen LogP contribution in [-0.4, -0.2) is 15.5 Å². The zero-order valence-corrected chi connectivity index (χ0v) is 8.56. The van der Waals surface area contributed by atoms with E-state index < -0.39 is 15.8 Å². The first-order chi connectivity index (χ1) is 6.36. The molecule has 0 spiro atoms. The van der Waals surface area contributed by atoms with E-state index >= 15 is 0 Å². The number of sulfonamides is 1. The van der Waals surface area contributed by atoms with Crippen LogP contribution < -0.4 is 9.88 Å². The molecule has 0 fully saturated rings. The van der Waals surface area contributed by atoms with Crippen LogP contribution in [0.4, 0.5) is 4.39 Å². The summed E-state index contributed by atoms with van der Waals surface area (Å²) < 4.78 is 39.8. The average Bonchev–Trinajstić information content (AvgIpc) is 2.07. The summed E-state index contributed by atoms with van der Waals surface area (Å²) in [4.78, 5) is -0.344. The molecule has 0 unspecified atom stereocenters. The normalized spacial score (nSPS) is 11.4. The molecule has 0 aliphatic heterocycles. The summed E-state index contributed by atoms with van der Waals surface area (Å²) in [7, 11) is -2.66. The highest BCUT2D eigenvalue weighted by Gasteiger charge is 2.17. The Hall–Kier alpha value is -1.14. The molecule has 1 aromatic rings. The fraction of sp³-hybridized carbons (Fsp3) is 0.250. The molecule has 6 heteroatoms. The van der Waals surface area contributed by atoms with Gasteiger partial charge in [-0.05, 0) is 24.6 Å². The lowest BCUT2D eigenvalue weighted by Gasteiger charge is -2.07. The fourth-order valence-corrected chi connectivity index (χ4v) is 1.71. The van der Waals surface area contributed by atoms with Gasteiger partial charge in [0.25, 0.3) is 0 Å². The van der Waals surface area contributed by atoms with Crippen molar-refractivity contribution in [1.29, 1.82) is 0 Å². The van der Waals surface area contributed by atoms with Crippen molar-refractivity contribution in [2.24, 2.45) is 5.14 Å². The minimum Gasteiger partial charge on any atom is -0.495 e. The molecule has 2 N–H and O–H groups in total. The average molecular weight is 219 g/mol. The number of halogens is 1. The molecule has 1 aromatic carbocycles. The van der Waals surface area contributed by atoms with E-state index in [1.165, 1.54) is 20.1 Å². The molecule has 14 heavy (non-hydrogen) atoms. The molecular weight excluding hydrogens is 209 g/mol. The monoisotopic (exact) mass is 219 g/mol. The van der Waals surface area contributed by atoms with Crippen LogP contribution in [-0.2, 0) is 10.0 Å². The molecule has 0 bridgehead atoms. The van der Waals surface area contributed by atoms with Gasteiger partial charge in [0.05, 0.1) is 7.11 Å². The summed E-state index contributed by atoms with van der Waals surface area (Å²) in [5.41, 5.74) is 0.300. The van der Waals surface area contributed by atoms with Crippen LogP contribution in [0.25, 0.3) is 0 Å². The molecule has 0 heterocycles. The standard InChI is InChI=1S/C8H10FNO3S/c1-5-3-7(13-2)8(4-6(5)9)14(10,11)12/h3-4H,1-2H3,(H2,10,11,12). The van der Waals surface area contributed by atoms with Crippen LogP contribution in [0.1, 0.15) is 5.56 Å². The highest BCUT2D eigenvalue weighted by atomic mass is 32.2. The Kier molecular flexibility index (Phi) is 2.77. The van der Waals surface area contributed by atoms with Crippen LogP contribution >= 0.6 is 0 Å². The Morgan fingerprint density at radius 3 is 2.43 bits per heavy atom. The van der Waals surface area contributed by atoms with Crippen molar-refractivity contribution in [3.8, 4) is 5.75 Å². The van der Waals surface area contributed by atoms with Crippen LogP contribution in [0, 0.1) is 12.7 Å². The molecule has 4 nitrogen and oxygen atoms in total. The summed E-state index contributed by atoms with van der Waals surface area (Å²) in [5, 5.41) is 4.88. The summed E-state index contributed by atoms with van der Waals surface area (Å²) in [6, 6.07) is 2.14. The number of methoxy groups -OCH3 is 1. The van der Waals surface area contributed by atoms with Gasteiger partial charge in [-0.2, -0.15) is 0 Å². The topological polar surface area (TPSA) is 69.4 Å². The Morgan fingerprint density at radius 2 is 2.00 bits per heavy atom. The maximum atomic E-state index is 13.1. The number of benzene rings is 1. The molecule has 0 radical (unpaired) electrons. The first-order valence-corrected chi connectivity index (χ1v) is 5.28. The maximum absolute atomic E-state index is 13.1. The first kappa shape index (κ1) is 10.9. The molecule has 78 valence electrons. The third-order valence-electron chi connectivity index (χ3n) is 1.75. The molecule has 0 saturated heterocycles. The van der Waals surface area contributed by atoms with Gasteiger partial charge in [-0.25, -0.2) is 17.9 Å². The van der Waals surface area contributed by atoms with E-state index in [-0.39, 0.29) is 10.6 Å². The van der Waals surface area contributed by atoms with E-state index in [2.05, 4.69) is 0 Å². The van der Waals surface area contributed by atoms with Gasteiger partial charge in [0.1, 0.15) is 16.5 Å². The molecule has 0 aliphatic carbocycles. The third kappa shape index (κ3) is 2.02. The largest absolute Gasteiger partial charge is 0.495 e. The van der Waals surface area contributed by atoms with Crippen molar-refractivity contribution in [3.63, 3.8) is 0 Å². The molecule has 0 saturated carbocycles. The zero-order valence-electron chi connectivity index (χ0n) is 7.74. The van der Waals surface area contributed by atoms with Gasteiger partial charge in [-0.3, -0.25) is 0 Å². The first-order valence-electron chi connectivity index (χ1n) is 3.73.